The number of aldehydes is 1. The number of rotatable bonds is 3. The summed E-state index contributed by atoms with van der Waals surface area (Å²) in [4.78, 5) is 15.8. The Bertz CT molecular complexity index is 481. The fourth-order valence-electron chi connectivity index (χ4n) is 1.14. The molecule has 0 aliphatic heterocycles. The maximum Gasteiger partial charge on any atom is 0.213 e. The predicted molar refractivity (Wildman–Crippen MR) is 57.1 cm³/mol. The lowest BCUT2D eigenvalue weighted by molar-refractivity contribution is 0.112. The van der Waals surface area contributed by atoms with Crippen LogP contribution >= 0.6 is 11.8 Å². The van der Waals surface area contributed by atoms with Crippen molar-refractivity contribution in [1.82, 2.24) is 15.2 Å². The van der Waals surface area contributed by atoms with Crippen LogP contribution in [0.2, 0.25) is 0 Å². The van der Waals surface area contributed by atoms with E-state index in [9.17, 15) is 4.79 Å². The molecule has 0 radical (unpaired) electrons. The second-order valence-corrected chi connectivity index (χ2v) is 3.97. The van der Waals surface area contributed by atoms with E-state index in [1.54, 1.807) is 6.07 Å². The number of hydrogen-bond donors (Lipinski definition) is 1. The van der Waals surface area contributed by atoms with Gasteiger partial charge in [-0.25, -0.2) is 4.98 Å². The molecule has 76 valence electrons. The Balaban J connectivity index is 2.27. The number of aromatic nitrogens is 3. The molecule has 1 aromatic heterocycles. The molecule has 0 spiro atoms. The number of carbonyl (C=O) groups is 1. The van der Waals surface area contributed by atoms with E-state index >= 15 is 0 Å². The van der Waals surface area contributed by atoms with Crippen molar-refractivity contribution in [2.24, 2.45) is 0 Å². The van der Waals surface area contributed by atoms with Gasteiger partial charge in [0, 0.05) is 10.5 Å². The summed E-state index contributed by atoms with van der Waals surface area (Å²) in [6, 6.07) is 7.36. The minimum atomic E-state index is 0.627. The second-order valence-electron chi connectivity index (χ2n) is 2.96. The number of aryl methyl sites for hydroxylation is 1. The molecular formula is C10H9N3OS. The van der Waals surface area contributed by atoms with Gasteiger partial charge in [-0.05, 0) is 24.8 Å². The summed E-state index contributed by atoms with van der Waals surface area (Å²) >= 11 is 1.37. The molecule has 0 saturated heterocycles. The van der Waals surface area contributed by atoms with Crippen LogP contribution in [0, 0.1) is 6.92 Å². The van der Waals surface area contributed by atoms with E-state index in [-0.39, 0.29) is 0 Å². The molecule has 4 nitrogen and oxygen atoms in total. The normalized spacial score (nSPS) is 10.2. The molecule has 1 aromatic carbocycles. The third-order valence-electron chi connectivity index (χ3n) is 1.82. The first-order valence-electron chi connectivity index (χ1n) is 4.40. The van der Waals surface area contributed by atoms with Crippen molar-refractivity contribution in [3.05, 3.63) is 35.7 Å². The van der Waals surface area contributed by atoms with Crippen molar-refractivity contribution in [2.45, 2.75) is 17.0 Å². The number of hydrogen-bond acceptors (Lipinski definition) is 4. The van der Waals surface area contributed by atoms with Crippen LogP contribution in [0.1, 0.15) is 16.2 Å². The van der Waals surface area contributed by atoms with Crippen LogP contribution in [0.15, 0.2) is 34.3 Å². The zero-order valence-electron chi connectivity index (χ0n) is 8.10. The van der Waals surface area contributed by atoms with E-state index in [0.717, 1.165) is 17.0 Å². The van der Waals surface area contributed by atoms with Crippen LogP contribution in [0.5, 0.6) is 0 Å². The lowest BCUT2D eigenvalue weighted by Crippen LogP contribution is -1.84. The van der Waals surface area contributed by atoms with Crippen molar-refractivity contribution in [3.8, 4) is 0 Å². The number of nitrogens with zero attached hydrogens (tertiary/aromatic N) is 2. The number of nitrogens with one attached hydrogen (secondary N) is 1. The summed E-state index contributed by atoms with van der Waals surface area (Å²) in [5, 5.41) is 7.38. The first-order chi connectivity index (χ1) is 7.29. The van der Waals surface area contributed by atoms with Gasteiger partial charge in [0.2, 0.25) is 5.16 Å². The van der Waals surface area contributed by atoms with Crippen LogP contribution in [0.25, 0.3) is 0 Å². The molecule has 0 aliphatic rings. The lowest BCUT2D eigenvalue weighted by atomic mass is 10.2. The zero-order valence-corrected chi connectivity index (χ0v) is 8.91. The largest absolute Gasteiger partial charge is 0.298 e. The fraction of sp³-hybridized carbons (Fsp3) is 0.100. The summed E-state index contributed by atoms with van der Waals surface area (Å²) in [6.45, 7) is 1.84. The van der Waals surface area contributed by atoms with Crippen molar-refractivity contribution < 1.29 is 4.79 Å². The average molecular weight is 219 g/mol. The molecule has 0 unspecified atom stereocenters. The van der Waals surface area contributed by atoms with Gasteiger partial charge in [0.15, 0.2) is 6.29 Å². The Morgan fingerprint density at radius 2 is 2.20 bits per heavy atom. The van der Waals surface area contributed by atoms with E-state index in [4.69, 9.17) is 0 Å². The van der Waals surface area contributed by atoms with Gasteiger partial charge in [-0.3, -0.25) is 9.89 Å². The van der Waals surface area contributed by atoms with Gasteiger partial charge in [0.05, 0.1) is 0 Å². The quantitative estimate of drug-likeness (QED) is 0.803. The van der Waals surface area contributed by atoms with Gasteiger partial charge in [-0.1, -0.05) is 18.2 Å². The molecule has 1 N–H and O–H groups in total. The summed E-state index contributed by atoms with van der Waals surface area (Å²) in [5.41, 5.74) is 0.657. The molecule has 0 bridgehead atoms. The SMILES string of the molecule is Cc1nc(Sc2ccccc2C=O)n[nH]1. The van der Waals surface area contributed by atoms with Gasteiger partial charge < -0.3 is 0 Å². The van der Waals surface area contributed by atoms with E-state index in [1.807, 2.05) is 25.1 Å². The van der Waals surface area contributed by atoms with Crippen LogP contribution in [-0.2, 0) is 0 Å². The molecule has 5 heteroatoms. The van der Waals surface area contributed by atoms with E-state index in [2.05, 4.69) is 15.2 Å². The maximum atomic E-state index is 10.8. The van der Waals surface area contributed by atoms with Crippen LogP contribution in [0.4, 0.5) is 0 Å². The van der Waals surface area contributed by atoms with Crippen LogP contribution in [0.3, 0.4) is 0 Å². The highest BCUT2D eigenvalue weighted by molar-refractivity contribution is 7.99. The molecule has 0 aliphatic carbocycles. The topological polar surface area (TPSA) is 58.6 Å². The number of benzene rings is 1. The molecule has 0 fully saturated rings. The Morgan fingerprint density at radius 3 is 2.87 bits per heavy atom. The Kier molecular flexibility index (Phi) is 2.82. The van der Waals surface area contributed by atoms with Crippen molar-refractivity contribution in [1.29, 1.82) is 0 Å². The maximum absolute atomic E-state index is 10.8. The fourth-order valence-corrected chi connectivity index (χ4v) is 1.99. The third-order valence-corrected chi connectivity index (χ3v) is 2.78. The van der Waals surface area contributed by atoms with E-state index in [1.165, 1.54) is 11.8 Å². The average Bonchev–Trinajstić information content (AvgIpc) is 2.65. The predicted octanol–water partition coefficient (Wildman–Crippen LogP) is 2.08. The van der Waals surface area contributed by atoms with Gasteiger partial charge in [0.25, 0.3) is 0 Å². The van der Waals surface area contributed by atoms with Gasteiger partial charge in [0.1, 0.15) is 5.82 Å². The second kappa shape index (κ2) is 4.27. The van der Waals surface area contributed by atoms with Crippen molar-refractivity contribution in [3.63, 3.8) is 0 Å². The lowest BCUT2D eigenvalue weighted by Gasteiger charge is -1.99. The Morgan fingerprint density at radius 1 is 1.40 bits per heavy atom. The highest BCUT2D eigenvalue weighted by Crippen LogP contribution is 2.26. The zero-order chi connectivity index (χ0) is 10.7. The smallest absolute Gasteiger partial charge is 0.213 e. The molecule has 1 heterocycles. The standard InChI is InChI=1S/C10H9N3OS/c1-7-11-10(13-12-7)15-9-5-3-2-4-8(9)6-14/h2-6H,1H3,(H,11,12,13). The van der Waals surface area contributed by atoms with Crippen LogP contribution in [-0.4, -0.2) is 21.5 Å². The van der Waals surface area contributed by atoms with E-state index < -0.39 is 0 Å². The summed E-state index contributed by atoms with van der Waals surface area (Å²) in [5.74, 6) is 0.765. The van der Waals surface area contributed by atoms with Crippen molar-refractivity contribution >= 4 is 18.0 Å². The first-order valence-corrected chi connectivity index (χ1v) is 5.22. The highest BCUT2D eigenvalue weighted by Gasteiger charge is 2.06. The minimum Gasteiger partial charge on any atom is -0.298 e. The van der Waals surface area contributed by atoms with Gasteiger partial charge >= 0.3 is 0 Å². The number of aromatic amines is 1. The molecule has 0 amide bonds. The monoisotopic (exact) mass is 219 g/mol. The van der Waals surface area contributed by atoms with E-state index in [0.29, 0.717) is 10.7 Å². The van der Waals surface area contributed by atoms with Gasteiger partial charge in [-0.15, -0.1) is 5.10 Å². The molecule has 2 rings (SSSR count). The first kappa shape index (κ1) is 9.92. The molecule has 0 atom stereocenters. The number of carbonyl (C=O) groups excluding carboxylic acids is 1. The minimum absolute atomic E-state index is 0.627. The summed E-state index contributed by atoms with van der Waals surface area (Å²) < 4.78 is 0. The highest BCUT2D eigenvalue weighted by atomic mass is 32.2. The summed E-state index contributed by atoms with van der Waals surface area (Å²) in [7, 11) is 0. The number of H-pyrrole nitrogens is 1. The van der Waals surface area contributed by atoms with Crippen LogP contribution < -0.4 is 0 Å². The summed E-state index contributed by atoms with van der Waals surface area (Å²) in [6.07, 6.45) is 0.835. The molecule has 2 aromatic rings. The Hall–Kier alpha value is -1.62. The molecule has 0 saturated carbocycles. The third kappa shape index (κ3) is 2.24. The van der Waals surface area contributed by atoms with Crippen molar-refractivity contribution in [2.75, 3.05) is 0 Å². The molecular weight excluding hydrogens is 210 g/mol. The molecule has 15 heavy (non-hydrogen) atoms. The van der Waals surface area contributed by atoms with Gasteiger partial charge in [-0.2, -0.15) is 0 Å². The Labute approximate surface area is 91.1 Å².